The number of hydrogen-bond acceptors (Lipinski definition) is 4. The Hall–Kier alpha value is -1.86. The molecule has 0 N–H and O–H groups in total. The summed E-state index contributed by atoms with van der Waals surface area (Å²) in [6.07, 6.45) is 0. The normalized spacial score (nSPS) is 15.1. The van der Waals surface area contributed by atoms with Gasteiger partial charge in [-0.15, -0.1) is 0 Å². The van der Waals surface area contributed by atoms with Crippen LogP contribution in [0.15, 0.2) is 81.4 Å². The summed E-state index contributed by atoms with van der Waals surface area (Å²) in [6, 6.07) is 20.6. The molecule has 0 aliphatic heterocycles. The molecule has 4 nitrogen and oxygen atoms in total. The lowest BCUT2D eigenvalue weighted by Gasteiger charge is -2.36. The van der Waals surface area contributed by atoms with E-state index in [0.29, 0.717) is 9.79 Å². The van der Waals surface area contributed by atoms with Crippen LogP contribution in [0.2, 0.25) is 0 Å². The van der Waals surface area contributed by atoms with E-state index in [0.717, 1.165) is 27.1 Å². The fourth-order valence-electron chi connectivity index (χ4n) is 3.55. The minimum atomic E-state index is -4.68. The highest BCUT2D eigenvalue weighted by atomic mass is 35.7. The number of hydrogen-bond donors (Lipinski definition) is 0. The molecule has 0 saturated carbocycles. The molecule has 0 aliphatic carbocycles. The van der Waals surface area contributed by atoms with E-state index in [1.54, 1.807) is 0 Å². The monoisotopic (exact) mass is 418 g/mol. The topological polar surface area (TPSA) is 78.4 Å². The standard InChI is InChI=1S/C22H23ClO4S/c1-16-10-12-21(13-11-16)28(27-23(24,25)26,20-8-6-5-7-9-20)22-18(3)14-17(2)15-19(22)4/h5-15H,1-4H3. The van der Waals surface area contributed by atoms with E-state index in [-0.39, 0.29) is 0 Å². The second kappa shape index (κ2) is 7.87. The predicted molar refractivity (Wildman–Crippen MR) is 102 cm³/mol. The average Bonchev–Trinajstić information content (AvgIpc) is 2.60. The molecular weight excluding hydrogens is 396 g/mol. The third-order valence-corrected chi connectivity index (χ3v) is 8.96. The van der Waals surface area contributed by atoms with E-state index >= 15 is 0 Å². The van der Waals surface area contributed by atoms with Gasteiger partial charge in [0.05, 0.1) is 20.6 Å². The van der Waals surface area contributed by atoms with Crippen molar-refractivity contribution in [3.8, 4) is 0 Å². The molecule has 3 aromatic carbocycles. The lowest BCUT2D eigenvalue weighted by Crippen LogP contribution is -2.61. The Morgan fingerprint density at radius 2 is 1.18 bits per heavy atom. The predicted octanol–water partition coefficient (Wildman–Crippen LogP) is 3.03. The van der Waals surface area contributed by atoms with Gasteiger partial charge in [0.15, 0.2) is 0 Å². The fourth-order valence-corrected chi connectivity index (χ4v) is 8.14. The van der Waals surface area contributed by atoms with Gasteiger partial charge in [0.25, 0.3) is 0 Å². The molecule has 1 unspecified atom stereocenters. The van der Waals surface area contributed by atoms with Gasteiger partial charge < -0.3 is 0 Å². The molecule has 3 rings (SSSR count). The Kier molecular flexibility index (Phi) is 5.87. The third kappa shape index (κ3) is 4.10. The average molecular weight is 419 g/mol. The van der Waals surface area contributed by atoms with Crippen LogP contribution in [-0.4, -0.2) is 0 Å². The first kappa shape index (κ1) is 20.9. The van der Waals surface area contributed by atoms with Crippen LogP contribution < -0.4 is 14.0 Å². The van der Waals surface area contributed by atoms with Gasteiger partial charge in [0.1, 0.15) is 3.74 Å². The van der Waals surface area contributed by atoms with Crippen molar-refractivity contribution in [3.63, 3.8) is 0 Å². The van der Waals surface area contributed by atoms with Gasteiger partial charge in [0.2, 0.25) is 0 Å². The Morgan fingerprint density at radius 3 is 1.68 bits per heavy atom. The molecule has 28 heavy (non-hydrogen) atoms. The van der Waals surface area contributed by atoms with Crippen molar-refractivity contribution in [2.45, 2.75) is 42.4 Å². The van der Waals surface area contributed by atoms with Gasteiger partial charge in [-0.25, -0.2) is 0 Å². The quantitative estimate of drug-likeness (QED) is 0.638. The summed E-state index contributed by atoms with van der Waals surface area (Å²) in [6.45, 7) is 7.78. The Balaban J connectivity index is 2.45. The molecule has 0 heterocycles. The van der Waals surface area contributed by atoms with Crippen LogP contribution in [0.5, 0.6) is 0 Å². The molecule has 0 radical (unpaired) electrons. The van der Waals surface area contributed by atoms with Crippen molar-refractivity contribution in [3.05, 3.63) is 89.0 Å². The summed E-state index contributed by atoms with van der Waals surface area (Å²) < 4.78 is 41.3. The maximum absolute atomic E-state index is 11.9. The second-order valence-electron chi connectivity index (χ2n) is 6.85. The molecule has 1 atom stereocenters. The smallest absolute Gasteiger partial charge is 0.134 e. The first-order valence-electron chi connectivity index (χ1n) is 8.78. The first-order chi connectivity index (χ1) is 13.1. The van der Waals surface area contributed by atoms with E-state index in [4.69, 9.17) is 3.74 Å². The molecule has 0 spiro atoms. The number of rotatable bonds is 5. The molecule has 0 fully saturated rings. The van der Waals surface area contributed by atoms with E-state index in [2.05, 4.69) is 0 Å². The molecule has 148 valence electrons. The van der Waals surface area contributed by atoms with Crippen molar-refractivity contribution in [1.29, 1.82) is 0 Å². The number of halogens is 1. The highest BCUT2D eigenvalue weighted by Crippen LogP contribution is 2.71. The van der Waals surface area contributed by atoms with E-state index < -0.39 is 20.6 Å². The zero-order valence-electron chi connectivity index (χ0n) is 16.3. The van der Waals surface area contributed by atoms with E-state index in [1.807, 2.05) is 94.4 Å². The van der Waals surface area contributed by atoms with E-state index in [1.165, 1.54) is 0 Å². The Labute approximate surface area is 169 Å². The van der Waals surface area contributed by atoms with Crippen LogP contribution in [0.1, 0.15) is 22.3 Å². The summed E-state index contributed by atoms with van der Waals surface area (Å²) in [4.78, 5) is 2.05. The Bertz CT molecular complexity index is 945. The Morgan fingerprint density at radius 1 is 0.679 bits per heavy atom. The molecule has 0 bridgehead atoms. The summed E-state index contributed by atoms with van der Waals surface area (Å²) in [5.74, 6) is 0. The van der Waals surface area contributed by atoms with Crippen LogP contribution in [-0.2, 0) is 3.74 Å². The zero-order valence-corrected chi connectivity index (χ0v) is 17.8. The van der Waals surface area contributed by atoms with Gasteiger partial charge in [-0.3, -0.25) is 0 Å². The van der Waals surface area contributed by atoms with Gasteiger partial charge in [0, 0.05) is 14.7 Å². The lowest BCUT2D eigenvalue weighted by atomic mass is 10.1. The molecular formula is C22H23ClO4S. The molecule has 0 aliphatic rings. The summed E-state index contributed by atoms with van der Waals surface area (Å²) in [7, 11) is -7.47. The molecule has 3 aromatic rings. The minimum Gasteiger partial charge on any atom is -0.182 e. The number of aryl methyl sites for hydroxylation is 4. The maximum atomic E-state index is 11.9. The molecule has 6 heteroatoms. The van der Waals surface area contributed by atoms with Gasteiger partial charge in [-0.05, 0) is 63.1 Å². The van der Waals surface area contributed by atoms with Gasteiger partial charge in [-0.1, -0.05) is 53.6 Å². The zero-order chi connectivity index (χ0) is 20.5. The van der Waals surface area contributed by atoms with Crippen molar-refractivity contribution >= 4 is 10.3 Å². The van der Waals surface area contributed by atoms with Crippen LogP contribution in [0.4, 0.5) is 0 Å². The van der Waals surface area contributed by atoms with Gasteiger partial charge >= 0.3 is 0 Å². The lowest BCUT2D eigenvalue weighted by molar-refractivity contribution is -1.91. The van der Waals surface area contributed by atoms with Crippen molar-refractivity contribution in [2.24, 2.45) is 0 Å². The highest BCUT2D eigenvalue weighted by Gasteiger charge is 2.48. The molecule has 0 amide bonds. The molecule has 0 aromatic heterocycles. The summed E-state index contributed by atoms with van der Waals surface area (Å²) in [5, 5.41) is 0. The second-order valence-corrected chi connectivity index (χ2v) is 10.6. The highest BCUT2D eigenvalue weighted by molar-refractivity contribution is 8.30. The van der Waals surface area contributed by atoms with Crippen LogP contribution in [0.3, 0.4) is 0 Å². The van der Waals surface area contributed by atoms with Crippen LogP contribution in [0.25, 0.3) is 0 Å². The molecule has 0 saturated heterocycles. The van der Waals surface area contributed by atoms with E-state index in [9.17, 15) is 14.0 Å². The summed E-state index contributed by atoms with van der Waals surface area (Å²) in [5.41, 5.74) is 3.86. The first-order valence-corrected chi connectivity index (χ1v) is 11.6. The van der Waals surface area contributed by atoms with Crippen molar-refractivity contribution < 1.29 is 28.0 Å². The number of benzene rings is 3. The van der Waals surface area contributed by atoms with Crippen molar-refractivity contribution in [1.82, 2.24) is 0 Å². The van der Waals surface area contributed by atoms with Crippen LogP contribution in [0, 0.1) is 37.9 Å². The van der Waals surface area contributed by atoms with Crippen molar-refractivity contribution in [2.75, 3.05) is 0 Å². The third-order valence-electron chi connectivity index (χ3n) is 4.49. The van der Waals surface area contributed by atoms with Crippen LogP contribution >= 0.6 is 10.3 Å². The van der Waals surface area contributed by atoms with Gasteiger partial charge in [-0.2, -0.15) is 14.0 Å². The maximum Gasteiger partial charge on any atom is 0.134 e. The fraction of sp³-hybridized carbons (Fsp3) is 0.182. The minimum absolute atomic E-state index is 0.654. The summed E-state index contributed by atoms with van der Waals surface area (Å²) >= 11 is 0. The SMILES string of the molecule is Cc1ccc(S(O[Cl+3]([O-])([O-])[O-])(c2ccccc2)c2c(C)cc(C)cc2C)cc1. The largest absolute Gasteiger partial charge is 0.182 e.